The maximum Gasteiger partial charge on any atom is 0.0595 e. The third kappa shape index (κ3) is 2.80. The van der Waals surface area contributed by atoms with Gasteiger partial charge in [-0.3, -0.25) is 0 Å². The first kappa shape index (κ1) is 11.1. The molecule has 0 fully saturated rings. The molecule has 3 nitrogen and oxygen atoms in total. The van der Waals surface area contributed by atoms with Crippen LogP contribution in [0, 0.1) is 0 Å². The zero-order valence-corrected chi connectivity index (χ0v) is 10.0. The normalized spacial score (nSPS) is 16.3. The van der Waals surface area contributed by atoms with Gasteiger partial charge in [0, 0.05) is 17.5 Å². The SMILES string of the molecule is NN1NC=C(Cc2ccc(Cl)c(Cl)c2)S1. The van der Waals surface area contributed by atoms with Crippen molar-refractivity contribution in [2.75, 3.05) is 0 Å². The predicted molar refractivity (Wildman–Crippen MR) is 65.0 cm³/mol. The van der Waals surface area contributed by atoms with E-state index in [1.54, 1.807) is 6.07 Å². The molecular formula is C9H9Cl2N3S. The van der Waals surface area contributed by atoms with Crippen LogP contribution in [0.1, 0.15) is 5.56 Å². The van der Waals surface area contributed by atoms with Crippen LogP contribution in [0.25, 0.3) is 0 Å². The third-order valence-corrected chi connectivity index (χ3v) is 3.47. The van der Waals surface area contributed by atoms with Gasteiger partial charge >= 0.3 is 0 Å². The fourth-order valence-electron chi connectivity index (χ4n) is 1.25. The quantitative estimate of drug-likeness (QED) is 0.635. The zero-order chi connectivity index (χ0) is 10.8. The van der Waals surface area contributed by atoms with Gasteiger partial charge in [-0.1, -0.05) is 33.8 Å². The zero-order valence-electron chi connectivity index (χ0n) is 7.71. The molecule has 1 aliphatic heterocycles. The molecule has 1 aromatic rings. The summed E-state index contributed by atoms with van der Waals surface area (Å²) in [7, 11) is 0. The fourth-order valence-corrected chi connectivity index (χ4v) is 2.26. The summed E-state index contributed by atoms with van der Waals surface area (Å²) >= 11 is 13.2. The van der Waals surface area contributed by atoms with Crippen molar-refractivity contribution in [2.45, 2.75) is 6.42 Å². The van der Waals surface area contributed by atoms with Crippen LogP contribution in [0.15, 0.2) is 29.3 Å². The highest BCUT2D eigenvalue weighted by molar-refractivity contribution is 8.00. The van der Waals surface area contributed by atoms with Gasteiger partial charge in [-0.05, 0) is 29.6 Å². The molecule has 0 aromatic heterocycles. The molecule has 0 aliphatic carbocycles. The molecule has 0 amide bonds. The Hall–Kier alpha value is -0.390. The number of hydrogen-bond acceptors (Lipinski definition) is 4. The summed E-state index contributed by atoms with van der Waals surface area (Å²) in [4.78, 5) is 1.14. The highest BCUT2D eigenvalue weighted by atomic mass is 35.5. The number of nitrogens with one attached hydrogen (secondary N) is 1. The molecule has 6 heteroatoms. The first-order chi connectivity index (χ1) is 7.15. The predicted octanol–water partition coefficient (Wildman–Crippen LogP) is 2.72. The van der Waals surface area contributed by atoms with E-state index in [2.05, 4.69) is 5.43 Å². The van der Waals surface area contributed by atoms with Crippen LogP contribution >= 0.6 is 35.1 Å². The van der Waals surface area contributed by atoms with Crippen LogP contribution in [0.2, 0.25) is 10.0 Å². The summed E-state index contributed by atoms with van der Waals surface area (Å²) in [5, 5.41) is 1.15. The van der Waals surface area contributed by atoms with Gasteiger partial charge in [-0.2, -0.15) is 0 Å². The summed E-state index contributed by atoms with van der Waals surface area (Å²) in [6.45, 7) is 0. The van der Waals surface area contributed by atoms with E-state index in [0.717, 1.165) is 16.9 Å². The van der Waals surface area contributed by atoms with E-state index < -0.39 is 0 Å². The van der Waals surface area contributed by atoms with Crippen molar-refractivity contribution in [1.82, 2.24) is 9.95 Å². The van der Waals surface area contributed by atoms with Gasteiger partial charge in [-0.15, -0.1) is 0 Å². The highest BCUT2D eigenvalue weighted by Gasteiger charge is 2.12. The molecule has 0 bridgehead atoms. The molecule has 0 unspecified atom stereocenters. The van der Waals surface area contributed by atoms with E-state index >= 15 is 0 Å². The van der Waals surface area contributed by atoms with Crippen molar-refractivity contribution in [3.63, 3.8) is 0 Å². The lowest BCUT2D eigenvalue weighted by atomic mass is 10.1. The van der Waals surface area contributed by atoms with Crippen LogP contribution in [-0.4, -0.2) is 4.52 Å². The van der Waals surface area contributed by atoms with E-state index in [1.165, 1.54) is 16.5 Å². The number of rotatable bonds is 2. The molecule has 1 aliphatic rings. The van der Waals surface area contributed by atoms with Gasteiger partial charge < -0.3 is 5.43 Å². The maximum absolute atomic E-state index is 5.92. The number of halogens is 2. The van der Waals surface area contributed by atoms with E-state index in [1.807, 2.05) is 18.3 Å². The van der Waals surface area contributed by atoms with Gasteiger partial charge in [0.15, 0.2) is 0 Å². The Morgan fingerprint density at radius 1 is 1.33 bits per heavy atom. The second kappa shape index (κ2) is 4.63. The van der Waals surface area contributed by atoms with Crippen molar-refractivity contribution in [3.05, 3.63) is 44.9 Å². The Morgan fingerprint density at radius 2 is 2.13 bits per heavy atom. The molecule has 2 rings (SSSR count). The number of nitrogens with two attached hydrogens (primary N) is 1. The number of allylic oxidation sites excluding steroid dienone is 1. The molecule has 80 valence electrons. The van der Waals surface area contributed by atoms with Crippen LogP contribution in [-0.2, 0) is 6.42 Å². The summed E-state index contributed by atoms with van der Waals surface area (Å²) in [5.74, 6) is 5.52. The van der Waals surface area contributed by atoms with Gasteiger partial charge in [0.05, 0.1) is 10.0 Å². The molecule has 0 spiro atoms. The molecule has 3 N–H and O–H groups in total. The Kier molecular flexibility index (Phi) is 3.43. The van der Waals surface area contributed by atoms with Crippen LogP contribution in [0.5, 0.6) is 0 Å². The highest BCUT2D eigenvalue weighted by Crippen LogP contribution is 2.28. The summed E-state index contributed by atoms with van der Waals surface area (Å²) in [5.41, 5.74) is 3.98. The average Bonchev–Trinajstić information content (AvgIpc) is 2.58. The van der Waals surface area contributed by atoms with Crippen molar-refractivity contribution < 1.29 is 0 Å². The second-order valence-electron chi connectivity index (χ2n) is 3.08. The standard InChI is InChI=1S/C9H9Cl2N3S/c10-8-2-1-6(4-9(8)11)3-7-5-13-14(12)15-7/h1-2,4-5,13H,3,12H2. The van der Waals surface area contributed by atoms with Gasteiger partial charge in [0.2, 0.25) is 0 Å². The first-order valence-electron chi connectivity index (χ1n) is 4.27. The number of hydrazine groups is 2. The van der Waals surface area contributed by atoms with E-state index in [9.17, 15) is 0 Å². The Morgan fingerprint density at radius 3 is 2.73 bits per heavy atom. The largest absolute Gasteiger partial charge is 0.302 e. The fraction of sp³-hybridized carbons (Fsp3) is 0.111. The number of nitrogens with zero attached hydrogens (tertiary/aromatic N) is 1. The van der Waals surface area contributed by atoms with Crippen molar-refractivity contribution >= 4 is 35.1 Å². The lowest BCUT2D eigenvalue weighted by Crippen LogP contribution is -2.30. The van der Waals surface area contributed by atoms with Crippen LogP contribution < -0.4 is 11.3 Å². The topological polar surface area (TPSA) is 41.3 Å². The molecule has 0 saturated heterocycles. The average molecular weight is 262 g/mol. The molecule has 0 atom stereocenters. The molecule has 1 heterocycles. The maximum atomic E-state index is 5.92. The number of hydrogen-bond donors (Lipinski definition) is 2. The lowest BCUT2D eigenvalue weighted by Gasteiger charge is -2.06. The lowest BCUT2D eigenvalue weighted by molar-refractivity contribution is 0.440. The minimum atomic E-state index is 0.576. The summed E-state index contributed by atoms with van der Waals surface area (Å²) < 4.78 is 1.45. The monoisotopic (exact) mass is 261 g/mol. The van der Waals surface area contributed by atoms with Crippen molar-refractivity contribution in [3.8, 4) is 0 Å². The van der Waals surface area contributed by atoms with Crippen LogP contribution in [0.3, 0.4) is 0 Å². The van der Waals surface area contributed by atoms with E-state index in [4.69, 9.17) is 29.0 Å². The van der Waals surface area contributed by atoms with Crippen LogP contribution in [0.4, 0.5) is 0 Å². The Labute approximate surface area is 102 Å². The van der Waals surface area contributed by atoms with Crippen molar-refractivity contribution in [2.24, 2.45) is 5.84 Å². The van der Waals surface area contributed by atoms with Gasteiger partial charge in [0.1, 0.15) is 0 Å². The third-order valence-electron chi connectivity index (χ3n) is 1.93. The van der Waals surface area contributed by atoms with Gasteiger partial charge in [0.25, 0.3) is 0 Å². The Balaban J connectivity index is 2.08. The number of benzene rings is 1. The van der Waals surface area contributed by atoms with E-state index in [0.29, 0.717) is 10.0 Å². The van der Waals surface area contributed by atoms with Gasteiger partial charge in [-0.25, -0.2) is 5.84 Å². The smallest absolute Gasteiger partial charge is 0.0595 e. The summed E-state index contributed by atoms with van der Waals surface area (Å²) in [6, 6.07) is 5.62. The summed E-state index contributed by atoms with van der Waals surface area (Å²) in [6.07, 6.45) is 2.66. The first-order valence-corrected chi connectivity index (χ1v) is 5.80. The molecular weight excluding hydrogens is 253 g/mol. The van der Waals surface area contributed by atoms with E-state index in [-0.39, 0.29) is 0 Å². The van der Waals surface area contributed by atoms with Crippen molar-refractivity contribution in [1.29, 1.82) is 0 Å². The second-order valence-corrected chi connectivity index (χ2v) is 5.00. The molecule has 15 heavy (non-hydrogen) atoms. The Bertz CT molecular complexity index is 408. The molecule has 1 aromatic carbocycles. The minimum Gasteiger partial charge on any atom is -0.302 e. The minimum absolute atomic E-state index is 0.576. The molecule has 0 radical (unpaired) electrons. The molecule has 0 saturated carbocycles.